The van der Waals surface area contributed by atoms with Crippen molar-refractivity contribution in [2.45, 2.75) is 27.2 Å². The summed E-state index contributed by atoms with van der Waals surface area (Å²) in [6.07, 6.45) is 2.93. The van der Waals surface area contributed by atoms with E-state index in [0.29, 0.717) is 0 Å². The van der Waals surface area contributed by atoms with Crippen LogP contribution in [0.25, 0.3) is 5.65 Å². The summed E-state index contributed by atoms with van der Waals surface area (Å²) < 4.78 is 1.86. The highest BCUT2D eigenvalue weighted by atomic mass is 15.2. The Bertz CT molecular complexity index is 443. The third-order valence-corrected chi connectivity index (χ3v) is 2.14. The van der Waals surface area contributed by atoms with Gasteiger partial charge in [0.25, 0.3) is 0 Å². The molecule has 0 radical (unpaired) electrons. The Morgan fingerprint density at radius 2 is 2.15 bits per heavy atom. The summed E-state index contributed by atoms with van der Waals surface area (Å²) >= 11 is 0. The molecule has 0 aromatic carbocycles. The van der Waals surface area contributed by atoms with Crippen molar-refractivity contribution in [1.82, 2.24) is 14.6 Å². The van der Waals surface area contributed by atoms with Crippen molar-refractivity contribution in [3.63, 3.8) is 0 Å². The maximum Gasteiger partial charge on any atom is 0.156 e. The van der Waals surface area contributed by atoms with E-state index in [1.54, 1.807) is 0 Å². The van der Waals surface area contributed by atoms with Crippen LogP contribution in [-0.2, 0) is 6.42 Å². The molecular formula is C10H13N3. The predicted molar refractivity (Wildman–Crippen MR) is 51.8 cm³/mol. The second-order valence-corrected chi connectivity index (χ2v) is 3.32. The van der Waals surface area contributed by atoms with Crippen LogP contribution in [0.2, 0.25) is 0 Å². The van der Waals surface area contributed by atoms with E-state index in [-0.39, 0.29) is 0 Å². The molecule has 13 heavy (non-hydrogen) atoms. The molecule has 0 aliphatic carbocycles. The Morgan fingerprint density at radius 1 is 1.38 bits per heavy atom. The number of fused-ring (bicyclic) bond motifs is 1. The molecule has 2 rings (SSSR count). The number of hydrogen-bond donors (Lipinski definition) is 0. The van der Waals surface area contributed by atoms with Crippen molar-refractivity contribution in [3.8, 4) is 0 Å². The van der Waals surface area contributed by atoms with Gasteiger partial charge in [-0.2, -0.15) is 5.10 Å². The number of hydrogen-bond acceptors (Lipinski definition) is 2. The SMILES string of the molecule is CCc1cc(C)c2nc(C)cn2n1. The number of nitrogens with zero attached hydrogens (tertiary/aromatic N) is 3. The van der Waals surface area contributed by atoms with Crippen LogP contribution in [0.3, 0.4) is 0 Å². The molecule has 0 fully saturated rings. The first-order valence-corrected chi connectivity index (χ1v) is 4.53. The molecule has 0 atom stereocenters. The number of aryl methyl sites for hydroxylation is 3. The summed E-state index contributed by atoms with van der Waals surface area (Å²) in [5, 5.41) is 4.43. The van der Waals surface area contributed by atoms with Crippen molar-refractivity contribution in [2.24, 2.45) is 0 Å². The summed E-state index contributed by atoms with van der Waals surface area (Å²) in [4.78, 5) is 4.39. The van der Waals surface area contributed by atoms with E-state index in [1.807, 2.05) is 17.6 Å². The normalized spacial score (nSPS) is 11.0. The number of imidazole rings is 1. The van der Waals surface area contributed by atoms with Crippen LogP contribution in [-0.4, -0.2) is 14.6 Å². The van der Waals surface area contributed by atoms with E-state index in [4.69, 9.17) is 0 Å². The van der Waals surface area contributed by atoms with Gasteiger partial charge in [-0.3, -0.25) is 0 Å². The first kappa shape index (κ1) is 8.23. The van der Waals surface area contributed by atoms with Crippen LogP contribution in [0, 0.1) is 13.8 Å². The first-order chi connectivity index (χ1) is 6.20. The van der Waals surface area contributed by atoms with Gasteiger partial charge in [0.2, 0.25) is 0 Å². The van der Waals surface area contributed by atoms with Crippen LogP contribution in [0.15, 0.2) is 12.3 Å². The first-order valence-electron chi connectivity index (χ1n) is 4.53. The van der Waals surface area contributed by atoms with Crippen molar-refractivity contribution < 1.29 is 0 Å². The predicted octanol–water partition coefficient (Wildman–Crippen LogP) is 1.91. The molecule has 0 amide bonds. The van der Waals surface area contributed by atoms with Crippen LogP contribution in [0.1, 0.15) is 23.9 Å². The average Bonchev–Trinajstić information content (AvgIpc) is 2.46. The van der Waals surface area contributed by atoms with Gasteiger partial charge in [-0.1, -0.05) is 6.92 Å². The van der Waals surface area contributed by atoms with E-state index < -0.39 is 0 Å². The Balaban J connectivity index is 2.75. The minimum absolute atomic E-state index is 0.966. The largest absolute Gasteiger partial charge is 0.232 e. The molecule has 3 heteroatoms. The van der Waals surface area contributed by atoms with Crippen LogP contribution < -0.4 is 0 Å². The minimum atomic E-state index is 0.966. The lowest BCUT2D eigenvalue weighted by molar-refractivity contribution is 0.855. The molecule has 0 saturated heterocycles. The van der Waals surface area contributed by atoms with Gasteiger partial charge < -0.3 is 0 Å². The maximum atomic E-state index is 4.43. The van der Waals surface area contributed by atoms with Crippen LogP contribution in [0.5, 0.6) is 0 Å². The second-order valence-electron chi connectivity index (χ2n) is 3.32. The summed E-state index contributed by atoms with van der Waals surface area (Å²) in [5.41, 5.74) is 4.29. The zero-order valence-corrected chi connectivity index (χ0v) is 8.20. The Kier molecular flexibility index (Phi) is 1.79. The molecule has 2 aromatic rings. The lowest BCUT2D eigenvalue weighted by atomic mass is 10.2. The molecule has 2 heterocycles. The third kappa shape index (κ3) is 1.30. The van der Waals surface area contributed by atoms with Gasteiger partial charge in [0.15, 0.2) is 5.65 Å². The molecule has 0 aliphatic heterocycles. The Hall–Kier alpha value is -1.38. The quantitative estimate of drug-likeness (QED) is 0.662. The van der Waals surface area contributed by atoms with Gasteiger partial charge in [0.1, 0.15) is 0 Å². The minimum Gasteiger partial charge on any atom is -0.232 e. The lowest BCUT2D eigenvalue weighted by Crippen LogP contribution is -1.97. The van der Waals surface area contributed by atoms with Gasteiger partial charge >= 0.3 is 0 Å². The molecule has 0 spiro atoms. The summed E-state index contributed by atoms with van der Waals surface area (Å²) in [6.45, 7) is 6.17. The molecule has 68 valence electrons. The molecule has 0 N–H and O–H groups in total. The fourth-order valence-electron chi connectivity index (χ4n) is 1.48. The van der Waals surface area contributed by atoms with Crippen molar-refractivity contribution in [3.05, 3.63) is 29.2 Å². The van der Waals surface area contributed by atoms with Gasteiger partial charge in [0, 0.05) is 0 Å². The third-order valence-electron chi connectivity index (χ3n) is 2.14. The molecule has 0 bridgehead atoms. The molecular weight excluding hydrogens is 162 g/mol. The Labute approximate surface area is 77.4 Å². The molecule has 0 aliphatic rings. The van der Waals surface area contributed by atoms with E-state index in [1.165, 1.54) is 5.56 Å². The zero-order chi connectivity index (χ0) is 9.42. The monoisotopic (exact) mass is 175 g/mol. The molecule has 0 unspecified atom stereocenters. The second kappa shape index (κ2) is 2.83. The fraction of sp³-hybridized carbons (Fsp3) is 0.400. The van der Waals surface area contributed by atoms with Crippen molar-refractivity contribution >= 4 is 5.65 Å². The van der Waals surface area contributed by atoms with Gasteiger partial charge in [-0.05, 0) is 31.9 Å². The van der Waals surface area contributed by atoms with Gasteiger partial charge in [-0.25, -0.2) is 9.50 Å². The van der Waals surface area contributed by atoms with Gasteiger partial charge in [0.05, 0.1) is 17.6 Å². The van der Waals surface area contributed by atoms with E-state index in [2.05, 4.69) is 30.0 Å². The van der Waals surface area contributed by atoms with E-state index in [9.17, 15) is 0 Å². The van der Waals surface area contributed by atoms with Crippen molar-refractivity contribution in [2.75, 3.05) is 0 Å². The van der Waals surface area contributed by atoms with E-state index in [0.717, 1.165) is 23.5 Å². The zero-order valence-electron chi connectivity index (χ0n) is 8.20. The fourth-order valence-corrected chi connectivity index (χ4v) is 1.48. The average molecular weight is 175 g/mol. The summed E-state index contributed by atoms with van der Waals surface area (Å²) in [6, 6.07) is 2.10. The number of rotatable bonds is 1. The van der Waals surface area contributed by atoms with Crippen LogP contribution in [0.4, 0.5) is 0 Å². The smallest absolute Gasteiger partial charge is 0.156 e. The Morgan fingerprint density at radius 3 is 2.85 bits per heavy atom. The van der Waals surface area contributed by atoms with Gasteiger partial charge in [-0.15, -0.1) is 0 Å². The summed E-state index contributed by atoms with van der Waals surface area (Å²) in [5.74, 6) is 0. The summed E-state index contributed by atoms with van der Waals surface area (Å²) in [7, 11) is 0. The molecule has 0 saturated carbocycles. The van der Waals surface area contributed by atoms with Crippen molar-refractivity contribution in [1.29, 1.82) is 0 Å². The van der Waals surface area contributed by atoms with E-state index >= 15 is 0 Å². The highest BCUT2D eigenvalue weighted by molar-refractivity contribution is 5.47. The van der Waals surface area contributed by atoms with Crippen LogP contribution >= 0.6 is 0 Å². The maximum absolute atomic E-state index is 4.43. The highest BCUT2D eigenvalue weighted by Crippen LogP contribution is 2.10. The highest BCUT2D eigenvalue weighted by Gasteiger charge is 2.03. The standard InChI is InChI=1S/C10H13N3/c1-4-9-5-7(2)10-11-8(3)6-13(10)12-9/h5-6H,4H2,1-3H3. The number of aromatic nitrogens is 3. The molecule has 2 aromatic heterocycles. The lowest BCUT2D eigenvalue weighted by Gasteiger charge is -2.00. The molecule has 3 nitrogen and oxygen atoms in total. The topological polar surface area (TPSA) is 30.2 Å².